The molecule has 1 N–H and O–H groups in total. The number of H-pyrrole nitrogens is 1. The number of aryl methyl sites for hydroxylation is 1. The molecular weight excluding hydrogens is 355 g/mol. The predicted molar refractivity (Wildman–Crippen MR) is 105 cm³/mol. The van der Waals surface area contributed by atoms with Gasteiger partial charge in [-0.25, -0.2) is 9.37 Å². The Balaban J connectivity index is 1.69. The van der Waals surface area contributed by atoms with Crippen molar-refractivity contribution in [1.29, 1.82) is 0 Å². The SMILES string of the molecule is Cc1cccc(C(=O)N(Cc2cccnc2)Cc2c[nH]c3ccc(F)cc23)n1. The van der Waals surface area contributed by atoms with Gasteiger partial charge in [0.2, 0.25) is 0 Å². The number of halogens is 1. The summed E-state index contributed by atoms with van der Waals surface area (Å²) in [6.45, 7) is 2.56. The standard InChI is InChI=1S/C22H19FN4O/c1-15-4-2-6-21(26-15)22(28)27(13-16-5-3-9-24-11-16)14-17-12-25-20-8-7-18(23)10-19(17)20/h2-12,25H,13-14H2,1H3. The average molecular weight is 374 g/mol. The number of fused-ring (bicyclic) bond motifs is 1. The van der Waals surface area contributed by atoms with E-state index in [2.05, 4.69) is 15.0 Å². The van der Waals surface area contributed by atoms with Crippen LogP contribution in [0.1, 0.15) is 27.3 Å². The van der Waals surface area contributed by atoms with Crippen molar-refractivity contribution in [2.45, 2.75) is 20.0 Å². The van der Waals surface area contributed by atoms with Crippen LogP contribution >= 0.6 is 0 Å². The minimum atomic E-state index is -0.307. The number of nitrogens with one attached hydrogen (secondary N) is 1. The van der Waals surface area contributed by atoms with E-state index in [0.717, 1.165) is 27.7 Å². The zero-order chi connectivity index (χ0) is 19.5. The summed E-state index contributed by atoms with van der Waals surface area (Å²) in [5, 5.41) is 0.765. The number of rotatable bonds is 5. The second-order valence-corrected chi connectivity index (χ2v) is 6.69. The summed E-state index contributed by atoms with van der Waals surface area (Å²) >= 11 is 0. The Morgan fingerprint density at radius 2 is 2.04 bits per heavy atom. The van der Waals surface area contributed by atoms with Crippen LogP contribution in [-0.2, 0) is 13.1 Å². The Hall–Kier alpha value is -3.54. The minimum Gasteiger partial charge on any atom is -0.361 e. The number of pyridine rings is 2. The van der Waals surface area contributed by atoms with Gasteiger partial charge in [-0.3, -0.25) is 9.78 Å². The van der Waals surface area contributed by atoms with Crippen molar-refractivity contribution < 1.29 is 9.18 Å². The molecule has 0 spiro atoms. The number of amides is 1. The van der Waals surface area contributed by atoms with Gasteiger partial charge in [0.15, 0.2) is 0 Å². The largest absolute Gasteiger partial charge is 0.361 e. The third-order valence-electron chi connectivity index (χ3n) is 4.58. The molecule has 4 aromatic rings. The van der Waals surface area contributed by atoms with E-state index < -0.39 is 0 Å². The smallest absolute Gasteiger partial charge is 0.273 e. The normalized spacial score (nSPS) is 10.9. The van der Waals surface area contributed by atoms with Gasteiger partial charge in [-0.15, -0.1) is 0 Å². The second kappa shape index (κ2) is 7.60. The van der Waals surface area contributed by atoms with Gasteiger partial charge in [-0.2, -0.15) is 0 Å². The molecule has 0 aliphatic carbocycles. The van der Waals surface area contributed by atoms with Crippen molar-refractivity contribution in [3.63, 3.8) is 0 Å². The molecule has 5 nitrogen and oxygen atoms in total. The maximum Gasteiger partial charge on any atom is 0.273 e. The highest BCUT2D eigenvalue weighted by atomic mass is 19.1. The van der Waals surface area contributed by atoms with Crippen molar-refractivity contribution >= 4 is 16.8 Å². The number of benzene rings is 1. The van der Waals surface area contributed by atoms with E-state index in [4.69, 9.17) is 0 Å². The zero-order valence-corrected chi connectivity index (χ0v) is 15.4. The van der Waals surface area contributed by atoms with E-state index in [-0.39, 0.29) is 11.7 Å². The number of aromatic amines is 1. The van der Waals surface area contributed by atoms with Gasteiger partial charge in [-0.1, -0.05) is 12.1 Å². The lowest BCUT2D eigenvalue weighted by Crippen LogP contribution is -2.31. The summed E-state index contributed by atoms with van der Waals surface area (Å²) in [4.78, 5) is 26.5. The average Bonchev–Trinajstić information content (AvgIpc) is 3.09. The van der Waals surface area contributed by atoms with E-state index in [1.807, 2.05) is 37.4 Å². The van der Waals surface area contributed by atoms with Crippen LogP contribution in [0.2, 0.25) is 0 Å². The maximum absolute atomic E-state index is 13.7. The molecule has 0 saturated heterocycles. The van der Waals surface area contributed by atoms with Crippen LogP contribution in [-0.4, -0.2) is 25.8 Å². The van der Waals surface area contributed by atoms with Gasteiger partial charge in [0.05, 0.1) is 0 Å². The first-order chi connectivity index (χ1) is 13.6. The summed E-state index contributed by atoms with van der Waals surface area (Å²) in [6.07, 6.45) is 5.25. The van der Waals surface area contributed by atoms with Gasteiger partial charge in [0.25, 0.3) is 5.91 Å². The third-order valence-corrected chi connectivity index (χ3v) is 4.58. The van der Waals surface area contributed by atoms with Crippen LogP contribution in [0.5, 0.6) is 0 Å². The van der Waals surface area contributed by atoms with Gasteiger partial charge in [0, 0.05) is 48.3 Å². The number of hydrogen-bond donors (Lipinski definition) is 1. The van der Waals surface area contributed by atoms with E-state index >= 15 is 0 Å². The molecule has 140 valence electrons. The van der Waals surface area contributed by atoms with Crippen LogP contribution in [0.25, 0.3) is 10.9 Å². The highest BCUT2D eigenvalue weighted by Crippen LogP contribution is 2.22. The van der Waals surface area contributed by atoms with Gasteiger partial charge < -0.3 is 9.88 Å². The Kier molecular flexibility index (Phi) is 4.85. The number of nitrogens with zero attached hydrogens (tertiary/aromatic N) is 3. The van der Waals surface area contributed by atoms with Gasteiger partial charge in [-0.05, 0) is 54.4 Å². The molecule has 28 heavy (non-hydrogen) atoms. The molecular formula is C22H19FN4O. The zero-order valence-electron chi connectivity index (χ0n) is 15.4. The first-order valence-electron chi connectivity index (χ1n) is 8.97. The Labute approximate surface area is 161 Å². The summed E-state index contributed by atoms with van der Waals surface area (Å²) < 4.78 is 13.7. The molecule has 0 saturated carbocycles. The Morgan fingerprint density at radius 1 is 1.14 bits per heavy atom. The van der Waals surface area contributed by atoms with Gasteiger partial charge >= 0.3 is 0 Å². The quantitative estimate of drug-likeness (QED) is 0.568. The molecule has 3 heterocycles. The van der Waals surface area contributed by atoms with Crippen molar-refractivity contribution in [3.8, 4) is 0 Å². The molecule has 4 rings (SSSR count). The van der Waals surface area contributed by atoms with Gasteiger partial charge in [0.1, 0.15) is 11.5 Å². The molecule has 6 heteroatoms. The maximum atomic E-state index is 13.7. The first kappa shape index (κ1) is 17.9. The first-order valence-corrected chi connectivity index (χ1v) is 8.97. The minimum absolute atomic E-state index is 0.182. The summed E-state index contributed by atoms with van der Waals surface area (Å²) in [5.41, 5.74) is 3.75. The lowest BCUT2D eigenvalue weighted by Gasteiger charge is -2.22. The summed E-state index contributed by atoms with van der Waals surface area (Å²) in [7, 11) is 0. The monoisotopic (exact) mass is 374 g/mol. The third kappa shape index (κ3) is 3.76. The molecule has 1 aromatic carbocycles. The highest BCUT2D eigenvalue weighted by molar-refractivity contribution is 5.93. The Bertz CT molecular complexity index is 1120. The molecule has 0 unspecified atom stereocenters. The number of carbonyl (C=O) groups excluding carboxylic acids is 1. The van der Waals surface area contributed by atoms with Crippen molar-refractivity contribution in [2.24, 2.45) is 0 Å². The lowest BCUT2D eigenvalue weighted by atomic mass is 10.1. The fraction of sp³-hybridized carbons (Fsp3) is 0.136. The highest BCUT2D eigenvalue weighted by Gasteiger charge is 2.20. The summed E-state index contributed by atoms with van der Waals surface area (Å²) in [5.74, 6) is -0.489. The van der Waals surface area contributed by atoms with Crippen molar-refractivity contribution in [3.05, 3.63) is 95.5 Å². The molecule has 0 fully saturated rings. The molecule has 0 radical (unpaired) electrons. The molecule has 0 bridgehead atoms. The lowest BCUT2D eigenvalue weighted by molar-refractivity contribution is 0.0724. The molecule has 0 aliphatic heterocycles. The number of hydrogen-bond acceptors (Lipinski definition) is 3. The predicted octanol–water partition coefficient (Wildman–Crippen LogP) is 4.25. The van der Waals surface area contributed by atoms with E-state index in [9.17, 15) is 9.18 Å². The van der Waals surface area contributed by atoms with Crippen LogP contribution in [0.3, 0.4) is 0 Å². The van der Waals surface area contributed by atoms with E-state index in [1.165, 1.54) is 12.1 Å². The van der Waals surface area contributed by atoms with Crippen LogP contribution in [0.4, 0.5) is 4.39 Å². The number of aromatic nitrogens is 3. The second-order valence-electron chi connectivity index (χ2n) is 6.69. The van der Waals surface area contributed by atoms with E-state index in [1.54, 1.807) is 29.4 Å². The van der Waals surface area contributed by atoms with Crippen molar-refractivity contribution in [2.75, 3.05) is 0 Å². The molecule has 0 atom stereocenters. The molecule has 3 aromatic heterocycles. The fourth-order valence-electron chi connectivity index (χ4n) is 3.22. The van der Waals surface area contributed by atoms with Crippen molar-refractivity contribution in [1.82, 2.24) is 19.9 Å². The molecule has 0 aliphatic rings. The van der Waals surface area contributed by atoms with E-state index in [0.29, 0.717) is 18.8 Å². The Morgan fingerprint density at radius 3 is 2.82 bits per heavy atom. The number of carbonyl (C=O) groups is 1. The molecule has 1 amide bonds. The fourth-order valence-corrected chi connectivity index (χ4v) is 3.22. The summed E-state index contributed by atoms with van der Waals surface area (Å²) in [6, 6.07) is 13.7. The van der Waals surface area contributed by atoms with Crippen LogP contribution in [0, 0.1) is 12.7 Å². The van der Waals surface area contributed by atoms with Crippen LogP contribution in [0.15, 0.2) is 67.1 Å². The topological polar surface area (TPSA) is 61.9 Å². The van der Waals surface area contributed by atoms with Crippen LogP contribution < -0.4 is 0 Å².